The van der Waals surface area contributed by atoms with E-state index in [2.05, 4.69) is 15.3 Å². The number of rotatable bonds is 5. The minimum atomic E-state index is -0.0120. The van der Waals surface area contributed by atoms with Gasteiger partial charge < -0.3 is 15.0 Å². The number of aryl methyl sites for hydroxylation is 1. The lowest BCUT2D eigenvalue weighted by atomic mass is 9.80. The van der Waals surface area contributed by atoms with E-state index in [1.807, 2.05) is 20.3 Å². The number of aromatic nitrogens is 2. The Morgan fingerprint density at radius 3 is 2.68 bits per heavy atom. The van der Waals surface area contributed by atoms with Crippen molar-refractivity contribution in [3.8, 4) is 0 Å². The molecule has 1 aromatic heterocycles. The molecule has 2 fully saturated rings. The number of hydrogen-bond donors (Lipinski definition) is 1. The minimum absolute atomic E-state index is 0.0120. The molecule has 7 nitrogen and oxygen atoms in total. The molecule has 2 aliphatic rings. The van der Waals surface area contributed by atoms with Gasteiger partial charge in [0.25, 0.3) is 0 Å². The van der Waals surface area contributed by atoms with Gasteiger partial charge in [-0.2, -0.15) is 5.10 Å². The van der Waals surface area contributed by atoms with Crippen LogP contribution in [0, 0.1) is 0 Å². The molecule has 0 bridgehead atoms. The van der Waals surface area contributed by atoms with Gasteiger partial charge in [0.15, 0.2) is 0 Å². The maximum absolute atomic E-state index is 12.6. The second-order valence-electron chi connectivity index (χ2n) is 7.42. The highest BCUT2D eigenvalue weighted by molar-refractivity contribution is 5.73. The molecule has 1 aliphatic heterocycles. The highest BCUT2D eigenvalue weighted by atomic mass is 16.5. The van der Waals surface area contributed by atoms with Crippen molar-refractivity contribution in [3.63, 3.8) is 0 Å². The summed E-state index contributed by atoms with van der Waals surface area (Å²) < 4.78 is 7.28. The molecule has 0 radical (unpaired) electrons. The average molecular weight is 349 g/mol. The van der Waals surface area contributed by atoms with Crippen LogP contribution >= 0.6 is 0 Å². The Hall–Kier alpha value is -1.60. The zero-order valence-electron chi connectivity index (χ0n) is 15.5. The van der Waals surface area contributed by atoms with Crippen molar-refractivity contribution in [1.29, 1.82) is 0 Å². The third kappa shape index (κ3) is 4.52. The summed E-state index contributed by atoms with van der Waals surface area (Å²) in [5, 5.41) is 7.36. The molecule has 2 heterocycles. The van der Waals surface area contributed by atoms with E-state index >= 15 is 0 Å². The van der Waals surface area contributed by atoms with Gasteiger partial charge in [0.1, 0.15) is 0 Å². The maximum Gasteiger partial charge on any atom is 0.317 e. The monoisotopic (exact) mass is 349 g/mol. The molecule has 25 heavy (non-hydrogen) atoms. The first-order valence-corrected chi connectivity index (χ1v) is 9.38. The molecule has 0 unspecified atom stereocenters. The number of carbonyl (C=O) groups is 1. The number of morpholine rings is 1. The predicted molar refractivity (Wildman–Crippen MR) is 96.3 cm³/mol. The average Bonchev–Trinajstić information content (AvgIpc) is 3.06. The van der Waals surface area contributed by atoms with E-state index in [0.717, 1.165) is 38.4 Å². The fourth-order valence-electron chi connectivity index (χ4n) is 4.13. The summed E-state index contributed by atoms with van der Waals surface area (Å²) in [5.74, 6) is 0. The largest absolute Gasteiger partial charge is 0.379 e. The second kappa shape index (κ2) is 8.19. The number of nitrogens with one attached hydrogen (secondary N) is 1. The number of nitrogens with zero attached hydrogens (tertiary/aromatic N) is 4. The van der Waals surface area contributed by atoms with Crippen LogP contribution in [0.25, 0.3) is 0 Å². The normalized spacial score (nSPS) is 21.0. The highest BCUT2D eigenvalue weighted by Crippen LogP contribution is 2.33. The fourth-order valence-corrected chi connectivity index (χ4v) is 4.13. The van der Waals surface area contributed by atoms with Crippen LogP contribution in [0.2, 0.25) is 0 Å². The van der Waals surface area contributed by atoms with E-state index in [0.29, 0.717) is 6.54 Å². The van der Waals surface area contributed by atoms with Crippen LogP contribution in [0.5, 0.6) is 0 Å². The first kappa shape index (κ1) is 18.2. The number of urea groups is 1. The van der Waals surface area contributed by atoms with Crippen molar-refractivity contribution >= 4 is 6.03 Å². The molecule has 0 spiro atoms. The molecule has 1 aromatic rings. The van der Waals surface area contributed by atoms with E-state index in [9.17, 15) is 4.79 Å². The summed E-state index contributed by atoms with van der Waals surface area (Å²) in [6.45, 7) is 4.85. The Labute approximate surface area is 150 Å². The van der Waals surface area contributed by atoms with E-state index in [4.69, 9.17) is 4.74 Å². The van der Waals surface area contributed by atoms with Crippen LogP contribution in [-0.2, 0) is 18.3 Å². The van der Waals surface area contributed by atoms with Gasteiger partial charge in [-0.05, 0) is 12.8 Å². The minimum Gasteiger partial charge on any atom is -0.379 e. The van der Waals surface area contributed by atoms with Crippen molar-refractivity contribution in [1.82, 2.24) is 24.9 Å². The highest BCUT2D eigenvalue weighted by Gasteiger charge is 2.38. The molecular weight excluding hydrogens is 318 g/mol. The molecule has 1 N–H and O–H groups in total. The Balaban J connectivity index is 1.57. The molecule has 1 aliphatic carbocycles. The van der Waals surface area contributed by atoms with Gasteiger partial charge in [-0.1, -0.05) is 19.3 Å². The van der Waals surface area contributed by atoms with Gasteiger partial charge in [-0.15, -0.1) is 0 Å². The van der Waals surface area contributed by atoms with Crippen LogP contribution in [0.4, 0.5) is 4.79 Å². The van der Waals surface area contributed by atoms with Crippen LogP contribution in [0.1, 0.15) is 37.7 Å². The number of ether oxygens (including phenoxy) is 1. The van der Waals surface area contributed by atoms with Crippen molar-refractivity contribution < 1.29 is 9.53 Å². The summed E-state index contributed by atoms with van der Waals surface area (Å²) in [6.07, 6.45) is 9.89. The molecular formula is C18H31N5O2. The molecule has 7 heteroatoms. The lowest BCUT2D eigenvalue weighted by Gasteiger charge is -2.48. The zero-order chi connectivity index (χ0) is 17.7. The lowest BCUT2D eigenvalue weighted by Crippen LogP contribution is -2.60. The van der Waals surface area contributed by atoms with Crippen LogP contribution in [0.15, 0.2) is 12.4 Å². The molecule has 3 rings (SSSR count). The summed E-state index contributed by atoms with van der Waals surface area (Å²) in [5.41, 5.74) is 1.15. The maximum atomic E-state index is 12.6. The van der Waals surface area contributed by atoms with Gasteiger partial charge in [-0.3, -0.25) is 9.58 Å². The summed E-state index contributed by atoms with van der Waals surface area (Å²) in [7, 11) is 3.73. The number of amides is 2. The van der Waals surface area contributed by atoms with Crippen molar-refractivity contribution in [2.75, 3.05) is 39.9 Å². The van der Waals surface area contributed by atoms with Gasteiger partial charge in [0.05, 0.1) is 26.0 Å². The molecule has 1 saturated heterocycles. The third-order valence-electron chi connectivity index (χ3n) is 5.56. The van der Waals surface area contributed by atoms with E-state index in [1.165, 1.54) is 32.1 Å². The van der Waals surface area contributed by atoms with Crippen LogP contribution in [0.3, 0.4) is 0 Å². The zero-order valence-corrected chi connectivity index (χ0v) is 15.5. The summed E-state index contributed by atoms with van der Waals surface area (Å²) in [4.78, 5) is 16.8. The Morgan fingerprint density at radius 2 is 2.04 bits per heavy atom. The topological polar surface area (TPSA) is 62.6 Å². The Bertz CT molecular complexity index is 562. The van der Waals surface area contributed by atoms with Crippen LogP contribution in [-0.4, -0.2) is 71.0 Å². The van der Waals surface area contributed by atoms with Gasteiger partial charge in [0.2, 0.25) is 0 Å². The predicted octanol–water partition coefficient (Wildman–Crippen LogP) is 1.60. The van der Waals surface area contributed by atoms with Crippen LogP contribution < -0.4 is 5.32 Å². The lowest BCUT2D eigenvalue weighted by molar-refractivity contribution is -0.0360. The van der Waals surface area contributed by atoms with Crippen molar-refractivity contribution in [3.05, 3.63) is 18.0 Å². The molecule has 0 aromatic carbocycles. The smallest absolute Gasteiger partial charge is 0.317 e. The van der Waals surface area contributed by atoms with Crippen molar-refractivity contribution in [2.24, 2.45) is 7.05 Å². The standard InChI is InChI=1S/C18H31N5O2/c1-21(13-16-12-20-22(2)14-16)17(24)19-15-18(6-4-3-5-7-18)23-8-10-25-11-9-23/h12,14H,3-11,13,15H2,1-2H3,(H,19,24). The van der Waals surface area contributed by atoms with E-state index in [-0.39, 0.29) is 11.6 Å². The molecule has 1 saturated carbocycles. The quantitative estimate of drug-likeness (QED) is 0.877. The Kier molecular flexibility index (Phi) is 5.96. The second-order valence-corrected chi connectivity index (χ2v) is 7.42. The van der Waals surface area contributed by atoms with Gasteiger partial charge in [0, 0.05) is 51.0 Å². The Morgan fingerprint density at radius 1 is 1.32 bits per heavy atom. The number of hydrogen-bond acceptors (Lipinski definition) is 4. The third-order valence-corrected chi connectivity index (χ3v) is 5.56. The van der Waals surface area contributed by atoms with Gasteiger partial charge >= 0.3 is 6.03 Å². The fraction of sp³-hybridized carbons (Fsp3) is 0.778. The molecule has 0 atom stereocenters. The first-order valence-electron chi connectivity index (χ1n) is 9.38. The SMILES string of the molecule is CN(Cc1cnn(C)c1)C(=O)NCC1(N2CCOCC2)CCCCC1. The van der Waals surface area contributed by atoms with Gasteiger partial charge in [-0.25, -0.2) is 4.79 Å². The van der Waals surface area contributed by atoms with Crippen molar-refractivity contribution in [2.45, 2.75) is 44.2 Å². The summed E-state index contributed by atoms with van der Waals surface area (Å²) in [6, 6.07) is -0.0120. The first-order chi connectivity index (χ1) is 12.1. The number of carbonyl (C=O) groups excluding carboxylic acids is 1. The molecule has 2 amide bonds. The summed E-state index contributed by atoms with van der Waals surface area (Å²) >= 11 is 0. The van der Waals surface area contributed by atoms with E-state index in [1.54, 1.807) is 15.8 Å². The molecule has 140 valence electrons. The van der Waals surface area contributed by atoms with E-state index < -0.39 is 0 Å².